The minimum absolute atomic E-state index is 0.172. The van der Waals surface area contributed by atoms with E-state index in [0.29, 0.717) is 21.8 Å². The van der Waals surface area contributed by atoms with Crippen LogP contribution in [0.1, 0.15) is 24.0 Å². The average Bonchev–Trinajstić information content (AvgIpc) is 2.78. The van der Waals surface area contributed by atoms with Crippen molar-refractivity contribution in [2.24, 2.45) is 14.1 Å². The number of rotatable bonds is 10. The van der Waals surface area contributed by atoms with Gasteiger partial charge in [0.05, 0.1) is 55.4 Å². The van der Waals surface area contributed by atoms with Crippen LogP contribution in [0.3, 0.4) is 0 Å². The number of aromatic hydroxyl groups is 2. The van der Waals surface area contributed by atoms with Crippen LogP contribution in [0.2, 0.25) is 0 Å². The summed E-state index contributed by atoms with van der Waals surface area (Å²) < 4.78 is 5.36. The molecule has 0 unspecified atom stereocenters. The molecule has 0 bridgehead atoms. The second-order valence-electron chi connectivity index (χ2n) is 11.3. The lowest BCUT2D eigenvalue weighted by atomic mass is 10.2. The minimum atomic E-state index is -0.690. The molecule has 0 aliphatic heterocycles. The van der Waals surface area contributed by atoms with Gasteiger partial charge < -0.3 is 19.2 Å². The molecule has 0 aliphatic carbocycles. The Bertz CT molecular complexity index is 1350. The fraction of sp³-hybridized carbons (Fsp3) is 0.560. The molecule has 12 nitrogen and oxygen atoms in total. The molecule has 0 aromatic carbocycles. The van der Waals surface area contributed by atoms with Crippen molar-refractivity contribution < 1.29 is 19.2 Å². The van der Waals surface area contributed by atoms with E-state index >= 15 is 0 Å². The average molecular weight is 521 g/mol. The summed E-state index contributed by atoms with van der Waals surface area (Å²) in [6, 6.07) is 0. The van der Waals surface area contributed by atoms with E-state index < -0.39 is 34.3 Å². The van der Waals surface area contributed by atoms with E-state index in [1.54, 1.807) is 0 Å². The zero-order valence-electron chi connectivity index (χ0n) is 23.1. The van der Waals surface area contributed by atoms with Crippen molar-refractivity contribution in [3.8, 4) is 11.8 Å². The van der Waals surface area contributed by atoms with Gasteiger partial charge in [0.25, 0.3) is 11.1 Å². The summed E-state index contributed by atoms with van der Waals surface area (Å²) in [7, 11) is 14.7. The van der Waals surface area contributed by atoms with Crippen molar-refractivity contribution in [1.29, 1.82) is 0 Å². The number of aromatic nitrogens is 4. The van der Waals surface area contributed by atoms with E-state index in [1.807, 2.05) is 42.3 Å². The molecule has 0 amide bonds. The third-order valence-electron chi connectivity index (χ3n) is 5.98. The summed E-state index contributed by atoms with van der Waals surface area (Å²) in [5.74, 6) is -1.08. The number of hydrogen-bond acceptors (Lipinski definition) is 6. The second-order valence-corrected chi connectivity index (χ2v) is 11.3. The smallest absolute Gasteiger partial charge is 0.333 e. The van der Waals surface area contributed by atoms with Crippen LogP contribution in [0.5, 0.6) is 11.8 Å². The summed E-state index contributed by atoms with van der Waals surface area (Å²) in [6.45, 7) is 1.81. The molecular weight excluding hydrogens is 480 g/mol. The molecule has 0 atom stereocenters. The molecule has 204 valence electrons. The summed E-state index contributed by atoms with van der Waals surface area (Å²) in [4.78, 5) is 51.1. The molecule has 2 heterocycles. The Morgan fingerprint density at radius 3 is 1.30 bits per heavy atom. The van der Waals surface area contributed by atoms with Gasteiger partial charge in [-0.1, -0.05) is 0 Å². The van der Waals surface area contributed by atoms with Gasteiger partial charge in [-0.15, -0.1) is 5.73 Å². The van der Waals surface area contributed by atoms with Crippen LogP contribution in [-0.2, 0) is 27.2 Å². The Morgan fingerprint density at radius 2 is 1.00 bits per heavy atom. The van der Waals surface area contributed by atoms with Crippen LogP contribution in [0.25, 0.3) is 12.2 Å². The van der Waals surface area contributed by atoms with Crippen molar-refractivity contribution >= 4 is 12.2 Å². The maximum absolute atomic E-state index is 13.0. The van der Waals surface area contributed by atoms with Crippen LogP contribution in [0.4, 0.5) is 0 Å². The number of quaternary nitrogens is 2. The van der Waals surface area contributed by atoms with Gasteiger partial charge in [-0.2, -0.15) is 0 Å². The molecule has 0 radical (unpaired) electrons. The predicted molar refractivity (Wildman–Crippen MR) is 143 cm³/mol. The van der Waals surface area contributed by atoms with Gasteiger partial charge in [-0.05, 0) is 12.2 Å². The summed E-state index contributed by atoms with van der Waals surface area (Å²) in [5, 5.41) is 20.9. The van der Waals surface area contributed by atoms with Crippen LogP contribution in [0.15, 0.2) is 24.9 Å². The Hall–Kier alpha value is -3.60. The topological polar surface area (TPSA) is 128 Å². The Balaban J connectivity index is 2.53. The number of hydrogen-bond donors (Lipinski definition) is 2. The van der Waals surface area contributed by atoms with Crippen molar-refractivity contribution in [3.05, 3.63) is 58.5 Å². The highest BCUT2D eigenvalue weighted by Gasteiger charge is 2.18. The summed E-state index contributed by atoms with van der Waals surface area (Å²) >= 11 is 0. The van der Waals surface area contributed by atoms with Crippen molar-refractivity contribution in [3.63, 3.8) is 0 Å². The Morgan fingerprint density at radius 1 is 0.676 bits per heavy atom. The molecule has 0 fully saturated rings. The highest BCUT2D eigenvalue weighted by molar-refractivity contribution is 5.61. The van der Waals surface area contributed by atoms with E-state index in [4.69, 9.17) is 0 Å². The Kier molecular flexibility index (Phi) is 8.97. The normalized spacial score (nSPS) is 11.9. The third-order valence-corrected chi connectivity index (χ3v) is 5.98. The maximum atomic E-state index is 13.0. The zero-order chi connectivity index (χ0) is 28.3. The monoisotopic (exact) mass is 520 g/mol. The molecular formula is C25H40N6O6+2. The largest absolute Gasteiger partial charge is 0.494 e. The Labute approximate surface area is 215 Å². The van der Waals surface area contributed by atoms with Gasteiger partial charge in [-0.3, -0.25) is 27.9 Å². The lowest BCUT2D eigenvalue weighted by molar-refractivity contribution is -0.870. The molecule has 12 heteroatoms. The molecule has 0 saturated carbocycles. The van der Waals surface area contributed by atoms with Gasteiger partial charge in [0.1, 0.15) is 11.1 Å². The first kappa shape index (κ1) is 29.6. The highest BCUT2D eigenvalue weighted by atomic mass is 16.3. The predicted octanol–water partition coefficient (Wildman–Crippen LogP) is -0.663. The van der Waals surface area contributed by atoms with E-state index in [-0.39, 0.29) is 24.2 Å². The zero-order valence-corrected chi connectivity index (χ0v) is 23.1. The lowest BCUT2D eigenvalue weighted by Gasteiger charge is -2.23. The van der Waals surface area contributed by atoms with Crippen molar-refractivity contribution in [2.45, 2.75) is 25.9 Å². The van der Waals surface area contributed by atoms with Crippen LogP contribution < -0.4 is 22.5 Å². The number of nitrogens with zero attached hydrogens (tertiary/aromatic N) is 6. The van der Waals surface area contributed by atoms with Crippen LogP contribution in [0, 0.1) is 0 Å². The summed E-state index contributed by atoms with van der Waals surface area (Å²) in [6.07, 6.45) is 3.45. The van der Waals surface area contributed by atoms with Crippen LogP contribution >= 0.6 is 0 Å². The van der Waals surface area contributed by atoms with Gasteiger partial charge >= 0.3 is 11.4 Å². The van der Waals surface area contributed by atoms with E-state index in [9.17, 15) is 29.4 Å². The SMILES string of the molecule is Cn1c(O)c(C=C=Cc2c(O)n(C)c(=O)n(CCC[N+](C)(C)C)c2=O)c(=O)n(CCC[N+](C)(C)C)c1=O. The van der Waals surface area contributed by atoms with Gasteiger partial charge in [0.15, 0.2) is 0 Å². The molecule has 2 rings (SSSR count). The first-order valence-corrected chi connectivity index (χ1v) is 12.0. The third kappa shape index (κ3) is 7.22. The fourth-order valence-corrected chi connectivity index (χ4v) is 3.82. The molecule has 37 heavy (non-hydrogen) atoms. The van der Waals surface area contributed by atoms with E-state index in [0.717, 1.165) is 43.5 Å². The minimum Gasteiger partial charge on any atom is -0.494 e. The molecule has 2 aromatic heterocycles. The van der Waals surface area contributed by atoms with Gasteiger partial charge in [-0.25, -0.2) is 9.59 Å². The second kappa shape index (κ2) is 11.2. The lowest BCUT2D eigenvalue weighted by Crippen LogP contribution is -2.42. The molecule has 0 spiro atoms. The van der Waals surface area contributed by atoms with E-state index in [2.05, 4.69) is 5.73 Å². The van der Waals surface area contributed by atoms with Crippen molar-refractivity contribution in [1.82, 2.24) is 18.3 Å². The maximum Gasteiger partial charge on any atom is 0.333 e. The molecule has 0 saturated heterocycles. The van der Waals surface area contributed by atoms with Gasteiger partial charge in [0.2, 0.25) is 11.8 Å². The first-order valence-electron chi connectivity index (χ1n) is 12.0. The first-order chi connectivity index (χ1) is 17.0. The van der Waals surface area contributed by atoms with E-state index in [1.165, 1.54) is 14.1 Å². The fourth-order valence-electron chi connectivity index (χ4n) is 3.82. The molecule has 2 N–H and O–H groups in total. The van der Waals surface area contributed by atoms with Gasteiger partial charge in [0, 0.05) is 40.0 Å². The summed E-state index contributed by atoms with van der Waals surface area (Å²) in [5.41, 5.74) is -0.373. The van der Waals surface area contributed by atoms with Crippen molar-refractivity contribution in [2.75, 3.05) is 55.4 Å². The quantitative estimate of drug-likeness (QED) is 0.316. The van der Waals surface area contributed by atoms with Crippen LogP contribution in [-0.4, -0.2) is 92.8 Å². The standard InChI is InChI=1S/C25H38N6O6/c1-26-20(32)18(22(34)28(24(26)36)14-10-16-30(3,4)5)12-9-13-19-21(33)27(2)25(37)29(23(19)35)15-11-17-31(6,7)8/h12-13H,10-11,14-17H2,1-8H3/p+2. The molecule has 2 aromatic rings. The molecule has 0 aliphatic rings. The highest BCUT2D eigenvalue weighted by Crippen LogP contribution is 2.13.